The first-order valence-electron chi connectivity index (χ1n) is 4.72. The van der Waals surface area contributed by atoms with Gasteiger partial charge in [-0.2, -0.15) is 0 Å². The van der Waals surface area contributed by atoms with Crippen LogP contribution in [0.2, 0.25) is 0 Å². The van der Waals surface area contributed by atoms with Crippen molar-refractivity contribution in [2.45, 2.75) is 13.0 Å². The van der Waals surface area contributed by atoms with E-state index in [9.17, 15) is 4.79 Å². The van der Waals surface area contributed by atoms with E-state index in [1.807, 2.05) is 0 Å². The SMILES string of the molecule is COc1cc(Br)c(C(=O)C(C)N)c(OC)c1. The fraction of sp³-hybridized carbons (Fsp3) is 0.364. The van der Waals surface area contributed by atoms with Gasteiger partial charge in [-0.15, -0.1) is 0 Å². The Bertz CT molecular complexity index is 404. The van der Waals surface area contributed by atoms with Crippen LogP contribution in [-0.2, 0) is 0 Å². The third-order valence-corrected chi connectivity index (χ3v) is 2.77. The minimum absolute atomic E-state index is 0.175. The molecule has 0 aliphatic carbocycles. The summed E-state index contributed by atoms with van der Waals surface area (Å²) in [5.41, 5.74) is 6.02. The minimum atomic E-state index is -0.571. The van der Waals surface area contributed by atoms with Crippen LogP contribution in [0.1, 0.15) is 17.3 Å². The van der Waals surface area contributed by atoms with E-state index in [4.69, 9.17) is 15.2 Å². The van der Waals surface area contributed by atoms with Gasteiger partial charge in [0.25, 0.3) is 0 Å². The Labute approximate surface area is 103 Å². The van der Waals surface area contributed by atoms with E-state index in [-0.39, 0.29) is 5.78 Å². The van der Waals surface area contributed by atoms with Crippen molar-refractivity contribution in [3.63, 3.8) is 0 Å². The third-order valence-electron chi connectivity index (χ3n) is 2.14. The summed E-state index contributed by atoms with van der Waals surface area (Å²) < 4.78 is 10.9. The van der Waals surface area contributed by atoms with Crippen LogP contribution in [0.4, 0.5) is 0 Å². The fourth-order valence-corrected chi connectivity index (χ4v) is 1.92. The zero-order valence-corrected chi connectivity index (χ0v) is 11.0. The second-order valence-electron chi connectivity index (χ2n) is 3.34. The second-order valence-corrected chi connectivity index (χ2v) is 4.19. The van der Waals surface area contributed by atoms with Gasteiger partial charge in [0, 0.05) is 10.5 Å². The van der Waals surface area contributed by atoms with Crippen molar-refractivity contribution in [2.24, 2.45) is 5.73 Å². The van der Waals surface area contributed by atoms with Gasteiger partial charge in [-0.25, -0.2) is 0 Å². The Morgan fingerprint density at radius 2 is 2.00 bits per heavy atom. The highest BCUT2D eigenvalue weighted by atomic mass is 79.9. The highest BCUT2D eigenvalue weighted by molar-refractivity contribution is 9.10. The summed E-state index contributed by atoms with van der Waals surface area (Å²) in [4.78, 5) is 11.9. The molecule has 0 saturated heterocycles. The summed E-state index contributed by atoms with van der Waals surface area (Å²) in [6, 6.07) is 2.79. The number of hydrogen-bond acceptors (Lipinski definition) is 4. The molecule has 0 amide bonds. The number of Topliss-reactive ketones (excluding diaryl/α,β-unsaturated/α-hetero) is 1. The molecule has 4 nitrogen and oxygen atoms in total. The minimum Gasteiger partial charge on any atom is -0.497 e. The number of halogens is 1. The van der Waals surface area contributed by atoms with Crippen LogP contribution in [0.25, 0.3) is 0 Å². The fourth-order valence-electron chi connectivity index (χ4n) is 1.30. The summed E-state index contributed by atoms with van der Waals surface area (Å²) in [7, 11) is 3.05. The van der Waals surface area contributed by atoms with Crippen molar-refractivity contribution in [2.75, 3.05) is 14.2 Å². The van der Waals surface area contributed by atoms with Crippen LogP contribution < -0.4 is 15.2 Å². The third kappa shape index (κ3) is 2.54. The molecule has 0 aliphatic heterocycles. The molecule has 5 heteroatoms. The maximum absolute atomic E-state index is 11.9. The molecule has 1 rings (SSSR count). The van der Waals surface area contributed by atoms with Crippen molar-refractivity contribution in [3.8, 4) is 11.5 Å². The van der Waals surface area contributed by atoms with E-state index in [0.717, 1.165) is 0 Å². The average molecular weight is 288 g/mol. The highest BCUT2D eigenvalue weighted by Crippen LogP contribution is 2.33. The predicted octanol–water partition coefficient (Wildman–Crippen LogP) is 2.00. The Balaban J connectivity index is 3.32. The Kier molecular flexibility index (Phi) is 4.32. The van der Waals surface area contributed by atoms with Gasteiger partial charge >= 0.3 is 0 Å². The molecule has 0 aliphatic rings. The normalized spacial score (nSPS) is 12.1. The van der Waals surface area contributed by atoms with Crippen LogP contribution in [0.3, 0.4) is 0 Å². The molecule has 1 aromatic carbocycles. The largest absolute Gasteiger partial charge is 0.497 e. The lowest BCUT2D eigenvalue weighted by atomic mass is 10.0. The van der Waals surface area contributed by atoms with Gasteiger partial charge in [0.2, 0.25) is 0 Å². The van der Waals surface area contributed by atoms with Gasteiger partial charge in [0.1, 0.15) is 11.5 Å². The van der Waals surface area contributed by atoms with Crippen molar-refractivity contribution in [1.82, 2.24) is 0 Å². The number of carbonyl (C=O) groups excluding carboxylic acids is 1. The zero-order chi connectivity index (χ0) is 12.3. The van der Waals surface area contributed by atoms with Gasteiger partial charge < -0.3 is 15.2 Å². The molecule has 0 radical (unpaired) electrons. The molecule has 1 unspecified atom stereocenters. The lowest BCUT2D eigenvalue weighted by molar-refractivity contribution is 0.0964. The average Bonchev–Trinajstić information content (AvgIpc) is 2.26. The summed E-state index contributed by atoms with van der Waals surface area (Å²) in [6.45, 7) is 1.64. The van der Waals surface area contributed by atoms with Crippen LogP contribution in [-0.4, -0.2) is 26.0 Å². The molecule has 0 fully saturated rings. The summed E-state index contributed by atoms with van der Waals surface area (Å²) in [5, 5.41) is 0. The van der Waals surface area contributed by atoms with E-state index in [1.54, 1.807) is 26.2 Å². The van der Waals surface area contributed by atoms with Gasteiger partial charge in [0.05, 0.1) is 25.8 Å². The van der Waals surface area contributed by atoms with Crippen molar-refractivity contribution in [3.05, 3.63) is 22.2 Å². The highest BCUT2D eigenvalue weighted by Gasteiger charge is 2.20. The van der Waals surface area contributed by atoms with Crippen molar-refractivity contribution < 1.29 is 14.3 Å². The molecule has 88 valence electrons. The van der Waals surface area contributed by atoms with Gasteiger partial charge in [0.15, 0.2) is 5.78 Å². The molecule has 0 spiro atoms. The van der Waals surface area contributed by atoms with Crippen LogP contribution in [0.5, 0.6) is 11.5 Å². The quantitative estimate of drug-likeness (QED) is 0.861. The maximum Gasteiger partial charge on any atom is 0.184 e. The molecular weight excluding hydrogens is 274 g/mol. The molecular formula is C11H14BrNO3. The number of rotatable bonds is 4. The summed E-state index contributed by atoms with van der Waals surface area (Å²) in [6.07, 6.45) is 0. The predicted molar refractivity (Wildman–Crippen MR) is 65.2 cm³/mol. The maximum atomic E-state index is 11.9. The van der Waals surface area contributed by atoms with Crippen LogP contribution in [0.15, 0.2) is 16.6 Å². The number of methoxy groups -OCH3 is 2. The number of nitrogens with two attached hydrogens (primary N) is 1. The topological polar surface area (TPSA) is 61.5 Å². The molecule has 1 aromatic rings. The van der Waals surface area contributed by atoms with Crippen molar-refractivity contribution in [1.29, 1.82) is 0 Å². The van der Waals surface area contributed by atoms with Crippen molar-refractivity contribution >= 4 is 21.7 Å². The lowest BCUT2D eigenvalue weighted by Crippen LogP contribution is -2.27. The second kappa shape index (κ2) is 5.32. The monoisotopic (exact) mass is 287 g/mol. The molecule has 16 heavy (non-hydrogen) atoms. The van der Waals surface area contributed by atoms with Gasteiger partial charge in [-0.1, -0.05) is 0 Å². The van der Waals surface area contributed by atoms with E-state index in [1.165, 1.54) is 7.11 Å². The standard InChI is InChI=1S/C11H14BrNO3/c1-6(13)11(14)10-8(12)4-7(15-2)5-9(10)16-3/h4-6H,13H2,1-3H3. The van der Waals surface area contributed by atoms with Crippen LogP contribution in [0, 0.1) is 0 Å². The number of carbonyl (C=O) groups is 1. The van der Waals surface area contributed by atoms with Crippen LogP contribution >= 0.6 is 15.9 Å². The summed E-state index contributed by atoms with van der Waals surface area (Å²) in [5.74, 6) is 0.893. The first kappa shape index (κ1) is 13.0. The number of ketones is 1. The smallest absolute Gasteiger partial charge is 0.184 e. The Morgan fingerprint density at radius 3 is 2.44 bits per heavy atom. The Hall–Kier alpha value is -1.07. The van der Waals surface area contributed by atoms with Gasteiger partial charge in [-0.3, -0.25) is 4.79 Å². The first-order valence-corrected chi connectivity index (χ1v) is 5.51. The Morgan fingerprint density at radius 1 is 1.38 bits per heavy atom. The molecule has 0 heterocycles. The van der Waals surface area contributed by atoms with E-state index in [0.29, 0.717) is 21.5 Å². The first-order chi connectivity index (χ1) is 7.51. The zero-order valence-electron chi connectivity index (χ0n) is 9.41. The van der Waals surface area contributed by atoms with E-state index >= 15 is 0 Å². The van der Waals surface area contributed by atoms with Gasteiger partial charge in [-0.05, 0) is 28.9 Å². The summed E-state index contributed by atoms with van der Waals surface area (Å²) >= 11 is 3.31. The number of hydrogen-bond donors (Lipinski definition) is 1. The van der Waals surface area contributed by atoms with E-state index in [2.05, 4.69) is 15.9 Å². The number of benzene rings is 1. The molecule has 0 aromatic heterocycles. The molecule has 1 atom stereocenters. The molecule has 0 saturated carbocycles. The molecule has 0 bridgehead atoms. The lowest BCUT2D eigenvalue weighted by Gasteiger charge is -2.13. The number of ether oxygens (including phenoxy) is 2. The van der Waals surface area contributed by atoms with E-state index < -0.39 is 6.04 Å². The molecule has 2 N–H and O–H groups in total.